The molecule has 1 rings (SSSR count). The van der Waals surface area contributed by atoms with E-state index in [4.69, 9.17) is 4.42 Å². The molecule has 98 valence electrons. The lowest BCUT2D eigenvalue weighted by atomic mass is 10.2. The van der Waals surface area contributed by atoms with Gasteiger partial charge in [0.05, 0.1) is 0 Å². The summed E-state index contributed by atoms with van der Waals surface area (Å²) in [6.07, 6.45) is 1.21. The third-order valence-electron chi connectivity index (χ3n) is 3.18. The normalized spacial score (nSPS) is 11.4. The molecule has 1 aromatic rings. The summed E-state index contributed by atoms with van der Waals surface area (Å²) in [5.74, 6) is 2.04. The van der Waals surface area contributed by atoms with Gasteiger partial charge in [-0.05, 0) is 52.5 Å². The third-order valence-corrected chi connectivity index (χ3v) is 3.18. The summed E-state index contributed by atoms with van der Waals surface area (Å²) in [7, 11) is 0. The zero-order valence-corrected chi connectivity index (χ0v) is 11.7. The number of hydrogen-bond donors (Lipinski definition) is 1. The standard InChI is InChI=1S/C14H26N2O/c1-5-16(6-2)9-7-8-15-11-14-10-12(3)17-13(14)4/h10,15H,5-9,11H2,1-4H3. The van der Waals surface area contributed by atoms with Crippen molar-refractivity contribution in [3.05, 3.63) is 23.2 Å². The van der Waals surface area contributed by atoms with Gasteiger partial charge < -0.3 is 14.6 Å². The van der Waals surface area contributed by atoms with Gasteiger partial charge in [-0.3, -0.25) is 0 Å². The molecule has 0 radical (unpaired) electrons. The van der Waals surface area contributed by atoms with Gasteiger partial charge in [-0.1, -0.05) is 13.8 Å². The summed E-state index contributed by atoms with van der Waals surface area (Å²) in [6.45, 7) is 13.9. The number of aryl methyl sites for hydroxylation is 2. The molecule has 0 fully saturated rings. The predicted octanol–water partition coefficient (Wildman–Crippen LogP) is 2.72. The molecule has 0 saturated carbocycles. The van der Waals surface area contributed by atoms with Crippen molar-refractivity contribution in [3.8, 4) is 0 Å². The van der Waals surface area contributed by atoms with E-state index in [1.807, 2.05) is 13.8 Å². The molecule has 0 unspecified atom stereocenters. The highest BCUT2D eigenvalue weighted by molar-refractivity contribution is 5.19. The van der Waals surface area contributed by atoms with Crippen LogP contribution in [0.15, 0.2) is 10.5 Å². The van der Waals surface area contributed by atoms with Gasteiger partial charge in [0, 0.05) is 12.1 Å². The second-order valence-electron chi connectivity index (χ2n) is 4.50. The molecule has 0 aromatic carbocycles. The summed E-state index contributed by atoms with van der Waals surface area (Å²) >= 11 is 0. The molecular formula is C14H26N2O. The molecule has 0 aliphatic heterocycles. The molecule has 0 spiro atoms. The number of rotatable bonds is 8. The predicted molar refractivity (Wildman–Crippen MR) is 72.3 cm³/mol. The van der Waals surface area contributed by atoms with Crippen LogP contribution >= 0.6 is 0 Å². The molecule has 1 heterocycles. The summed E-state index contributed by atoms with van der Waals surface area (Å²) in [4.78, 5) is 2.45. The van der Waals surface area contributed by atoms with Crippen LogP contribution in [-0.2, 0) is 6.54 Å². The van der Waals surface area contributed by atoms with E-state index in [9.17, 15) is 0 Å². The molecule has 0 saturated heterocycles. The Hall–Kier alpha value is -0.800. The Bertz CT molecular complexity index is 316. The fourth-order valence-corrected chi connectivity index (χ4v) is 2.05. The van der Waals surface area contributed by atoms with Crippen molar-refractivity contribution in [2.24, 2.45) is 0 Å². The summed E-state index contributed by atoms with van der Waals surface area (Å²) < 4.78 is 5.50. The van der Waals surface area contributed by atoms with Crippen LogP contribution < -0.4 is 5.32 Å². The summed E-state index contributed by atoms with van der Waals surface area (Å²) in [6, 6.07) is 2.12. The Labute approximate surface area is 105 Å². The molecule has 0 atom stereocenters. The van der Waals surface area contributed by atoms with E-state index in [-0.39, 0.29) is 0 Å². The summed E-state index contributed by atoms with van der Waals surface area (Å²) in [5.41, 5.74) is 1.28. The lowest BCUT2D eigenvalue weighted by Gasteiger charge is -2.17. The number of furan rings is 1. The highest BCUT2D eigenvalue weighted by Gasteiger charge is 2.03. The third kappa shape index (κ3) is 4.92. The number of hydrogen-bond acceptors (Lipinski definition) is 3. The van der Waals surface area contributed by atoms with E-state index in [0.717, 1.165) is 37.7 Å². The van der Waals surface area contributed by atoms with E-state index < -0.39 is 0 Å². The molecule has 0 aliphatic carbocycles. The molecule has 17 heavy (non-hydrogen) atoms. The number of nitrogens with one attached hydrogen (secondary N) is 1. The molecule has 3 heteroatoms. The molecule has 1 N–H and O–H groups in total. The van der Waals surface area contributed by atoms with Crippen LogP contribution in [0.25, 0.3) is 0 Å². The van der Waals surface area contributed by atoms with E-state index in [1.54, 1.807) is 0 Å². The monoisotopic (exact) mass is 238 g/mol. The van der Waals surface area contributed by atoms with Crippen LogP contribution in [-0.4, -0.2) is 31.1 Å². The molecule has 0 amide bonds. The first-order valence-electron chi connectivity index (χ1n) is 6.66. The van der Waals surface area contributed by atoms with E-state index in [1.165, 1.54) is 18.5 Å². The van der Waals surface area contributed by atoms with Crippen molar-refractivity contribution in [1.82, 2.24) is 10.2 Å². The minimum Gasteiger partial charge on any atom is -0.466 e. The number of nitrogens with zero attached hydrogens (tertiary/aromatic N) is 1. The van der Waals surface area contributed by atoms with Gasteiger partial charge in [0.15, 0.2) is 0 Å². The van der Waals surface area contributed by atoms with Gasteiger partial charge in [0.25, 0.3) is 0 Å². The fraction of sp³-hybridized carbons (Fsp3) is 0.714. The van der Waals surface area contributed by atoms with E-state index >= 15 is 0 Å². The van der Waals surface area contributed by atoms with Crippen LogP contribution in [0.1, 0.15) is 37.4 Å². The van der Waals surface area contributed by atoms with Crippen molar-refractivity contribution < 1.29 is 4.42 Å². The minimum absolute atomic E-state index is 0.918. The van der Waals surface area contributed by atoms with Gasteiger partial charge in [-0.2, -0.15) is 0 Å². The first kappa shape index (κ1) is 14.3. The van der Waals surface area contributed by atoms with Crippen molar-refractivity contribution >= 4 is 0 Å². The van der Waals surface area contributed by atoms with Gasteiger partial charge in [-0.25, -0.2) is 0 Å². The smallest absolute Gasteiger partial charge is 0.105 e. The average molecular weight is 238 g/mol. The Morgan fingerprint density at radius 2 is 1.94 bits per heavy atom. The highest BCUT2D eigenvalue weighted by atomic mass is 16.3. The van der Waals surface area contributed by atoms with Crippen molar-refractivity contribution in [2.45, 2.75) is 40.7 Å². The Kier molecular flexibility index (Phi) is 6.30. The first-order valence-corrected chi connectivity index (χ1v) is 6.66. The van der Waals surface area contributed by atoms with Crippen molar-refractivity contribution in [3.63, 3.8) is 0 Å². The van der Waals surface area contributed by atoms with E-state index in [0.29, 0.717) is 0 Å². The van der Waals surface area contributed by atoms with Crippen molar-refractivity contribution in [1.29, 1.82) is 0 Å². The van der Waals surface area contributed by atoms with Crippen LogP contribution in [0.5, 0.6) is 0 Å². The molecule has 3 nitrogen and oxygen atoms in total. The summed E-state index contributed by atoms with van der Waals surface area (Å²) in [5, 5.41) is 3.47. The van der Waals surface area contributed by atoms with Gasteiger partial charge >= 0.3 is 0 Å². The quantitative estimate of drug-likeness (QED) is 0.706. The van der Waals surface area contributed by atoms with Gasteiger partial charge in [0.2, 0.25) is 0 Å². The second-order valence-corrected chi connectivity index (χ2v) is 4.50. The van der Waals surface area contributed by atoms with E-state index in [2.05, 4.69) is 30.1 Å². The fourth-order valence-electron chi connectivity index (χ4n) is 2.05. The minimum atomic E-state index is 0.918. The maximum atomic E-state index is 5.50. The Morgan fingerprint density at radius 3 is 2.47 bits per heavy atom. The lowest BCUT2D eigenvalue weighted by Crippen LogP contribution is -2.27. The van der Waals surface area contributed by atoms with Crippen molar-refractivity contribution in [2.75, 3.05) is 26.2 Å². The molecular weight excluding hydrogens is 212 g/mol. The average Bonchev–Trinajstić information content (AvgIpc) is 2.62. The zero-order chi connectivity index (χ0) is 12.7. The lowest BCUT2D eigenvalue weighted by molar-refractivity contribution is 0.298. The van der Waals surface area contributed by atoms with Crippen LogP contribution in [0.4, 0.5) is 0 Å². The highest BCUT2D eigenvalue weighted by Crippen LogP contribution is 2.12. The topological polar surface area (TPSA) is 28.4 Å². The SMILES string of the molecule is CCN(CC)CCCNCc1cc(C)oc1C. The van der Waals surface area contributed by atoms with Crippen LogP contribution in [0.2, 0.25) is 0 Å². The van der Waals surface area contributed by atoms with Gasteiger partial charge in [-0.15, -0.1) is 0 Å². The maximum Gasteiger partial charge on any atom is 0.105 e. The Morgan fingerprint density at radius 1 is 1.24 bits per heavy atom. The van der Waals surface area contributed by atoms with Crippen LogP contribution in [0, 0.1) is 13.8 Å². The van der Waals surface area contributed by atoms with Gasteiger partial charge in [0.1, 0.15) is 11.5 Å². The molecule has 1 aromatic heterocycles. The second kappa shape index (κ2) is 7.51. The molecule has 0 bridgehead atoms. The van der Waals surface area contributed by atoms with Crippen LogP contribution in [0.3, 0.4) is 0 Å². The molecule has 0 aliphatic rings. The first-order chi connectivity index (χ1) is 8.17. The Balaban J connectivity index is 2.14. The zero-order valence-electron chi connectivity index (χ0n) is 11.7. The maximum absolute atomic E-state index is 5.50. The largest absolute Gasteiger partial charge is 0.466 e.